The Balaban J connectivity index is 2.88. The lowest BCUT2D eigenvalue weighted by Crippen LogP contribution is -2.13. The molecule has 0 bridgehead atoms. The summed E-state index contributed by atoms with van der Waals surface area (Å²) in [5.41, 5.74) is 5.72. The molecular formula is C10H13FN2OS. The van der Waals surface area contributed by atoms with Gasteiger partial charge in [-0.2, -0.15) is 0 Å². The Labute approximate surface area is 92.2 Å². The lowest BCUT2D eigenvalue weighted by Gasteiger charge is -2.04. The third kappa shape index (κ3) is 3.13. The number of amidine groups is 1. The molecule has 0 saturated carbocycles. The SMILES string of the molecule is CCCSc1ccc(/C(N)=N/O)cc1F. The molecule has 1 rings (SSSR count). The molecular weight excluding hydrogens is 215 g/mol. The van der Waals surface area contributed by atoms with Crippen molar-refractivity contribution in [1.29, 1.82) is 0 Å². The molecule has 0 saturated heterocycles. The minimum Gasteiger partial charge on any atom is -0.409 e. The molecule has 0 spiro atoms. The van der Waals surface area contributed by atoms with Crippen LogP contribution in [-0.4, -0.2) is 16.8 Å². The lowest BCUT2D eigenvalue weighted by atomic mass is 10.2. The van der Waals surface area contributed by atoms with Crippen molar-refractivity contribution >= 4 is 17.6 Å². The predicted molar refractivity (Wildman–Crippen MR) is 59.9 cm³/mol. The monoisotopic (exact) mass is 228 g/mol. The van der Waals surface area contributed by atoms with Crippen LogP contribution in [0.1, 0.15) is 18.9 Å². The molecule has 82 valence electrons. The van der Waals surface area contributed by atoms with Crippen LogP contribution in [0.3, 0.4) is 0 Å². The van der Waals surface area contributed by atoms with Crippen molar-refractivity contribution in [2.24, 2.45) is 10.9 Å². The molecule has 3 nitrogen and oxygen atoms in total. The number of hydrogen-bond acceptors (Lipinski definition) is 3. The fourth-order valence-corrected chi connectivity index (χ4v) is 1.83. The smallest absolute Gasteiger partial charge is 0.170 e. The van der Waals surface area contributed by atoms with E-state index in [1.807, 2.05) is 6.92 Å². The van der Waals surface area contributed by atoms with Gasteiger partial charge in [-0.05, 0) is 30.4 Å². The summed E-state index contributed by atoms with van der Waals surface area (Å²) in [7, 11) is 0. The summed E-state index contributed by atoms with van der Waals surface area (Å²) in [6.07, 6.45) is 0.992. The van der Waals surface area contributed by atoms with Gasteiger partial charge in [-0.15, -0.1) is 11.8 Å². The van der Waals surface area contributed by atoms with Gasteiger partial charge in [0.05, 0.1) is 0 Å². The minimum atomic E-state index is -0.336. The number of oxime groups is 1. The second kappa shape index (κ2) is 5.60. The van der Waals surface area contributed by atoms with E-state index >= 15 is 0 Å². The highest BCUT2D eigenvalue weighted by atomic mass is 32.2. The molecule has 0 aromatic heterocycles. The van der Waals surface area contributed by atoms with Crippen LogP contribution in [0.2, 0.25) is 0 Å². The quantitative estimate of drug-likeness (QED) is 0.273. The third-order valence-electron chi connectivity index (χ3n) is 1.80. The van der Waals surface area contributed by atoms with Gasteiger partial charge in [0.2, 0.25) is 0 Å². The molecule has 0 atom stereocenters. The van der Waals surface area contributed by atoms with Gasteiger partial charge in [0.25, 0.3) is 0 Å². The Bertz CT molecular complexity index is 368. The number of rotatable bonds is 4. The van der Waals surface area contributed by atoms with Gasteiger partial charge in [-0.25, -0.2) is 4.39 Å². The van der Waals surface area contributed by atoms with E-state index in [0.717, 1.165) is 12.2 Å². The fraction of sp³-hybridized carbons (Fsp3) is 0.300. The van der Waals surface area contributed by atoms with E-state index < -0.39 is 0 Å². The summed E-state index contributed by atoms with van der Waals surface area (Å²) in [5, 5.41) is 11.2. The fourth-order valence-electron chi connectivity index (χ4n) is 1.05. The molecule has 15 heavy (non-hydrogen) atoms. The van der Waals surface area contributed by atoms with Gasteiger partial charge >= 0.3 is 0 Å². The average molecular weight is 228 g/mol. The molecule has 0 unspecified atom stereocenters. The van der Waals surface area contributed by atoms with Crippen molar-refractivity contribution in [1.82, 2.24) is 0 Å². The molecule has 0 heterocycles. The molecule has 3 N–H and O–H groups in total. The van der Waals surface area contributed by atoms with Crippen LogP contribution in [0.25, 0.3) is 0 Å². The first-order chi connectivity index (χ1) is 7.19. The van der Waals surface area contributed by atoms with Crippen molar-refractivity contribution in [2.45, 2.75) is 18.2 Å². The molecule has 0 fully saturated rings. The van der Waals surface area contributed by atoms with Gasteiger partial charge in [0, 0.05) is 10.5 Å². The van der Waals surface area contributed by atoms with E-state index in [2.05, 4.69) is 5.16 Å². The first-order valence-corrected chi connectivity index (χ1v) is 5.57. The van der Waals surface area contributed by atoms with E-state index in [1.54, 1.807) is 12.1 Å². The van der Waals surface area contributed by atoms with Gasteiger partial charge in [0.15, 0.2) is 5.84 Å². The summed E-state index contributed by atoms with van der Waals surface area (Å²) in [5.74, 6) is 0.457. The number of hydrogen-bond donors (Lipinski definition) is 2. The van der Waals surface area contributed by atoms with Crippen molar-refractivity contribution in [3.63, 3.8) is 0 Å². The van der Waals surface area contributed by atoms with Crippen LogP contribution in [0.4, 0.5) is 4.39 Å². The normalized spacial score (nSPS) is 11.7. The van der Waals surface area contributed by atoms with Gasteiger partial charge in [0.1, 0.15) is 5.82 Å². The maximum absolute atomic E-state index is 13.5. The molecule has 0 aliphatic carbocycles. The Hall–Kier alpha value is -1.23. The second-order valence-electron chi connectivity index (χ2n) is 2.98. The average Bonchev–Trinajstić information content (AvgIpc) is 2.26. The van der Waals surface area contributed by atoms with Gasteiger partial charge < -0.3 is 10.9 Å². The van der Waals surface area contributed by atoms with Crippen LogP contribution in [0.15, 0.2) is 28.3 Å². The molecule has 0 amide bonds. The van der Waals surface area contributed by atoms with E-state index in [9.17, 15) is 4.39 Å². The van der Waals surface area contributed by atoms with Crippen molar-refractivity contribution in [3.8, 4) is 0 Å². The maximum Gasteiger partial charge on any atom is 0.170 e. The standard InChI is InChI=1S/C10H13FN2OS/c1-2-5-15-9-4-3-7(6-8(9)11)10(12)13-14/h3-4,6,14H,2,5H2,1H3,(H2,12,13). The third-order valence-corrected chi connectivity index (χ3v) is 3.05. The summed E-state index contributed by atoms with van der Waals surface area (Å²) >= 11 is 1.46. The maximum atomic E-state index is 13.5. The van der Waals surface area contributed by atoms with Gasteiger partial charge in [-0.3, -0.25) is 0 Å². The highest BCUT2D eigenvalue weighted by molar-refractivity contribution is 7.99. The van der Waals surface area contributed by atoms with E-state index in [-0.39, 0.29) is 11.7 Å². The summed E-state index contributed by atoms with van der Waals surface area (Å²) in [6, 6.07) is 4.55. The van der Waals surface area contributed by atoms with Crippen LogP contribution in [0, 0.1) is 5.82 Å². The lowest BCUT2D eigenvalue weighted by molar-refractivity contribution is 0.318. The number of halogens is 1. The zero-order valence-corrected chi connectivity index (χ0v) is 9.22. The predicted octanol–water partition coefficient (Wildman–Crippen LogP) is 2.42. The Morgan fingerprint density at radius 1 is 1.60 bits per heavy atom. The van der Waals surface area contributed by atoms with Crippen molar-refractivity contribution < 1.29 is 9.60 Å². The minimum absolute atomic E-state index is 0.0825. The summed E-state index contributed by atoms with van der Waals surface area (Å²) in [6.45, 7) is 2.04. The van der Waals surface area contributed by atoms with Crippen molar-refractivity contribution in [3.05, 3.63) is 29.6 Å². The van der Waals surface area contributed by atoms with Crippen LogP contribution in [-0.2, 0) is 0 Å². The Kier molecular flexibility index (Phi) is 4.42. The molecule has 1 aromatic rings. The summed E-state index contributed by atoms with van der Waals surface area (Å²) < 4.78 is 13.5. The van der Waals surface area contributed by atoms with Gasteiger partial charge in [-0.1, -0.05) is 12.1 Å². The second-order valence-corrected chi connectivity index (χ2v) is 4.12. The number of nitrogens with zero attached hydrogens (tertiary/aromatic N) is 1. The van der Waals surface area contributed by atoms with Crippen LogP contribution >= 0.6 is 11.8 Å². The largest absolute Gasteiger partial charge is 0.409 e. The highest BCUT2D eigenvalue weighted by Gasteiger charge is 2.06. The number of benzene rings is 1. The molecule has 0 aliphatic rings. The highest BCUT2D eigenvalue weighted by Crippen LogP contribution is 2.23. The summed E-state index contributed by atoms with van der Waals surface area (Å²) in [4.78, 5) is 0.589. The van der Waals surface area contributed by atoms with E-state index in [0.29, 0.717) is 10.5 Å². The molecule has 0 radical (unpaired) electrons. The topological polar surface area (TPSA) is 58.6 Å². The number of thioether (sulfide) groups is 1. The zero-order valence-electron chi connectivity index (χ0n) is 8.40. The first kappa shape index (κ1) is 11.8. The number of nitrogens with two attached hydrogens (primary N) is 1. The molecule has 5 heteroatoms. The van der Waals surface area contributed by atoms with Crippen molar-refractivity contribution in [2.75, 3.05) is 5.75 Å². The Morgan fingerprint density at radius 3 is 2.87 bits per heavy atom. The first-order valence-electron chi connectivity index (χ1n) is 4.59. The van der Waals surface area contributed by atoms with E-state index in [1.165, 1.54) is 17.8 Å². The van der Waals surface area contributed by atoms with E-state index in [4.69, 9.17) is 10.9 Å². The zero-order chi connectivity index (χ0) is 11.3. The molecule has 1 aromatic carbocycles. The Morgan fingerprint density at radius 2 is 2.33 bits per heavy atom. The van der Waals surface area contributed by atoms with Crippen LogP contribution in [0.5, 0.6) is 0 Å². The van der Waals surface area contributed by atoms with Crippen LogP contribution < -0.4 is 5.73 Å². The molecule has 0 aliphatic heterocycles.